The van der Waals surface area contributed by atoms with Crippen LogP contribution in [0.25, 0.3) is 0 Å². The maximum Gasteiger partial charge on any atom is 0.317 e. The summed E-state index contributed by atoms with van der Waals surface area (Å²) in [4.78, 5) is 10.6. The zero-order valence-electron chi connectivity index (χ0n) is 14.4. The Morgan fingerprint density at radius 3 is 2.61 bits per heavy atom. The highest BCUT2D eigenvalue weighted by atomic mass is 16.4. The monoisotopic (exact) mass is 321 g/mol. The Labute approximate surface area is 139 Å². The molecule has 0 spiro atoms. The topological polar surface area (TPSA) is 69.6 Å². The lowest BCUT2D eigenvalue weighted by Crippen LogP contribution is -2.25. The van der Waals surface area contributed by atoms with Crippen molar-refractivity contribution in [3.8, 4) is 0 Å². The molecule has 2 atom stereocenters. The number of aliphatic hydroxyl groups excluding tert-OH is 1. The molecular formula is C19H31NO3. The molecule has 0 radical (unpaired) electrons. The molecule has 0 aliphatic heterocycles. The van der Waals surface area contributed by atoms with E-state index < -0.39 is 5.97 Å². The fourth-order valence-corrected chi connectivity index (χ4v) is 2.93. The number of hydrogen-bond acceptors (Lipinski definition) is 3. The van der Waals surface area contributed by atoms with Crippen molar-refractivity contribution in [3.63, 3.8) is 0 Å². The van der Waals surface area contributed by atoms with Gasteiger partial charge in [0, 0.05) is 0 Å². The molecule has 0 saturated carbocycles. The van der Waals surface area contributed by atoms with E-state index in [2.05, 4.69) is 30.4 Å². The third kappa shape index (κ3) is 8.14. The second kappa shape index (κ2) is 11.2. The van der Waals surface area contributed by atoms with Gasteiger partial charge in [0.25, 0.3) is 0 Å². The van der Waals surface area contributed by atoms with Crippen molar-refractivity contribution in [1.29, 1.82) is 0 Å². The van der Waals surface area contributed by atoms with Crippen LogP contribution in [0.15, 0.2) is 24.3 Å². The Kier molecular flexibility index (Phi) is 9.57. The van der Waals surface area contributed by atoms with Gasteiger partial charge in [-0.15, -0.1) is 0 Å². The fourth-order valence-electron chi connectivity index (χ4n) is 2.93. The zero-order valence-corrected chi connectivity index (χ0v) is 14.4. The number of benzene rings is 1. The van der Waals surface area contributed by atoms with Crippen LogP contribution in [0.2, 0.25) is 0 Å². The standard InChI is InChI=1S/C19H31NO3/c1-3-4-7-16(11-10-15(2)21)18-9-6-5-8-17(18)12-13-20-14-19(22)23/h5-6,8-9,15-16,20-21H,3-4,7,10-14H2,1-2H3,(H,22,23). The van der Waals surface area contributed by atoms with E-state index >= 15 is 0 Å². The summed E-state index contributed by atoms with van der Waals surface area (Å²) in [6.45, 7) is 4.72. The largest absolute Gasteiger partial charge is 0.480 e. The van der Waals surface area contributed by atoms with Gasteiger partial charge in [0.05, 0.1) is 12.6 Å². The van der Waals surface area contributed by atoms with Crippen LogP contribution in [-0.2, 0) is 11.2 Å². The first-order chi connectivity index (χ1) is 11.0. The highest BCUT2D eigenvalue weighted by Gasteiger charge is 2.15. The van der Waals surface area contributed by atoms with Gasteiger partial charge in [-0.25, -0.2) is 0 Å². The van der Waals surface area contributed by atoms with Crippen LogP contribution in [-0.4, -0.2) is 35.4 Å². The van der Waals surface area contributed by atoms with Crippen LogP contribution < -0.4 is 5.32 Å². The Morgan fingerprint density at radius 1 is 1.22 bits per heavy atom. The number of rotatable bonds is 12. The lowest BCUT2D eigenvalue weighted by Gasteiger charge is -2.21. The van der Waals surface area contributed by atoms with E-state index in [1.807, 2.05) is 13.0 Å². The Hall–Kier alpha value is -1.39. The first-order valence-electron chi connectivity index (χ1n) is 8.73. The molecule has 0 saturated heterocycles. The lowest BCUT2D eigenvalue weighted by molar-refractivity contribution is -0.135. The molecule has 130 valence electrons. The predicted molar refractivity (Wildman–Crippen MR) is 93.8 cm³/mol. The normalized spacial score (nSPS) is 13.7. The zero-order chi connectivity index (χ0) is 17.1. The maximum absolute atomic E-state index is 10.6. The molecule has 0 amide bonds. The first kappa shape index (κ1) is 19.7. The second-order valence-electron chi connectivity index (χ2n) is 6.28. The van der Waals surface area contributed by atoms with Crippen LogP contribution in [0, 0.1) is 0 Å². The molecule has 0 aromatic heterocycles. The molecule has 0 aliphatic rings. The molecule has 1 aromatic carbocycles. The van der Waals surface area contributed by atoms with Gasteiger partial charge in [-0.3, -0.25) is 4.79 Å². The summed E-state index contributed by atoms with van der Waals surface area (Å²) in [5, 5.41) is 21.2. The van der Waals surface area contributed by atoms with Gasteiger partial charge in [-0.1, -0.05) is 44.0 Å². The van der Waals surface area contributed by atoms with Gasteiger partial charge < -0.3 is 15.5 Å². The first-order valence-corrected chi connectivity index (χ1v) is 8.73. The minimum absolute atomic E-state index is 0.00343. The van der Waals surface area contributed by atoms with Crippen molar-refractivity contribution >= 4 is 5.97 Å². The number of aliphatic carboxylic acids is 1. The predicted octanol–water partition coefficient (Wildman–Crippen LogP) is 3.34. The smallest absolute Gasteiger partial charge is 0.317 e. The lowest BCUT2D eigenvalue weighted by atomic mass is 9.85. The van der Waals surface area contributed by atoms with Crippen LogP contribution in [0.3, 0.4) is 0 Å². The minimum Gasteiger partial charge on any atom is -0.480 e. The van der Waals surface area contributed by atoms with E-state index in [0.717, 1.165) is 25.7 Å². The van der Waals surface area contributed by atoms with Crippen molar-refractivity contribution in [2.24, 2.45) is 0 Å². The Morgan fingerprint density at radius 2 is 1.96 bits per heavy atom. The number of nitrogens with one attached hydrogen (secondary N) is 1. The van der Waals surface area contributed by atoms with E-state index in [-0.39, 0.29) is 12.6 Å². The van der Waals surface area contributed by atoms with Crippen molar-refractivity contribution in [2.75, 3.05) is 13.1 Å². The van der Waals surface area contributed by atoms with Crippen molar-refractivity contribution < 1.29 is 15.0 Å². The Bertz CT molecular complexity index is 460. The van der Waals surface area contributed by atoms with Gasteiger partial charge >= 0.3 is 5.97 Å². The summed E-state index contributed by atoms with van der Waals surface area (Å²) in [5.74, 6) is -0.351. The summed E-state index contributed by atoms with van der Waals surface area (Å²) in [7, 11) is 0. The fraction of sp³-hybridized carbons (Fsp3) is 0.632. The van der Waals surface area contributed by atoms with Crippen LogP contribution in [0.1, 0.15) is 63.0 Å². The van der Waals surface area contributed by atoms with Gasteiger partial charge in [-0.2, -0.15) is 0 Å². The molecule has 0 bridgehead atoms. The van der Waals surface area contributed by atoms with Crippen molar-refractivity contribution in [3.05, 3.63) is 35.4 Å². The summed E-state index contributed by atoms with van der Waals surface area (Å²) < 4.78 is 0. The molecule has 0 aliphatic carbocycles. The van der Waals surface area contributed by atoms with Gasteiger partial charge in [0.2, 0.25) is 0 Å². The summed E-state index contributed by atoms with van der Waals surface area (Å²) in [5.41, 5.74) is 2.65. The number of unbranched alkanes of at least 4 members (excludes halogenated alkanes) is 1. The van der Waals surface area contributed by atoms with E-state index in [1.54, 1.807) is 0 Å². The molecular weight excluding hydrogens is 290 g/mol. The van der Waals surface area contributed by atoms with Crippen LogP contribution in [0.4, 0.5) is 0 Å². The average Bonchev–Trinajstić information content (AvgIpc) is 2.52. The molecule has 1 rings (SSSR count). The second-order valence-corrected chi connectivity index (χ2v) is 6.28. The summed E-state index contributed by atoms with van der Waals surface area (Å²) >= 11 is 0. The van der Waals surface area contributed by atoms with E-state index in [1.165, 1.54) is 24.0 Å². The van der Waals surface area contributed by atoms with Gasteiger partial charge in [-0.05, 0) is 56.2 Å². The quantitative estimate of drug-likeness (QED) is 0.516. The van der Waals surface area contributed by atoms with Gasteiger partial charge in [0.15, 0.2) is 0 Å². The van der Waals surface area contributed by atoms with Crippen molar-refractivity contribution in [2.45, 2.75) is 64.4 Å². The minimum atomic E-state index is -0.823. The highest BCUT2D eigenvalue weighted by molar-refractivity contribution is 5.68. The highest BCUT2D eigenvalue weighted by Crippen LogP contribution is 2.30. The van der Waals surface area contributed by atoms with E-state index in [0.29, 0.717) is 12.5 Å². The molecule has 23 heavy (non-hydrogen) atoms. The van der Waals surface area contributed by atoms with E-state index in [9.17, 15) is 9.90 Å². The maximum atomic E-state index is 10.6. The van der Waals surface area contributed by atoms with Gasteiger partial charge in [0.1, 0.15) is 0 Å². The number of hydrogen-bond donors (Lipinski definition) is 3. The molecule has 1 aromatic rings. The average molecular weight is 321 g/mol. The SMILES string of the molecule is CCCCC(CCC(C)O)c1ccccc1CCNCC(=O)O. The molecule has 4 nitrogen and oxygen atoms in total. The molecule has 2 unspecified atom stereocenters. The summed E-state index contributed by atoms with van der Waals surface area (Å²) in [6.07, 6.45) is 5.90. The molecule has 0 heterocycles. The third-order valence-electron chi connectivity index (χ3n) is 4.18. The van der Waals surface area contributed by atoms with E-state index in [4.69, 9.17) is 5.11 Å². The third-order valence-corrected chi connectivity index (χ3v) is 4.18. The number of carboxylic acid groups (broad SMARTS) is 1. The van der Waals surface area contributed by atoms with Crippen LogP contribution in [0.5, 0.6) is 0 Å². The number of carbonyl (C=O) groups is 1. The molecule has 4 heteroatoms. The van der Waals surface area contributed by atoms with Crippen molar-refractivity contribution in [1.82, 2.24) is 5.32 Å². The molecule has 0 fully saturated rings. The van der Waals surface area contributed by atoms with Crippen LogP contribution >= 0.6 is 0 Å². The number of aliphatic hydroxyl groups is 1. The summed E-state index contributed by atoms with van der Waals surface area (Å²) in [6, 6.07) is 8.44. The number of carboxylic acids is 1. The molecule has 3 N–H and O–H groups in total. The Balaban J connectivity index is 2.73.